The molecular weight excluding hydrogens is 395 g/mol. The number of nitrogens with one attached hydrogen (secondary N) is 1. The zero-order chi connectivity index (χ0) is 19.8. The van der Waals surface area contributed by atoms with Gasteiger partial charge in [0.15, 0.2) is 9.84 Å². The summed E-state index contributed by atoms with van der Waals surface area (Å²) in [6.45, 7) is 0.386. The van der Waals surface area contributed by atoms with Crippen molar-refractivity contribution in [2.45, 2.75) is 11.3 Å². The van der Waals surface area contributed by atoms with Crippen LogP contribution in [0, 0.1) is 5.82 Å². The highest BCUT2D eigenvalue weighted by Crippen LogP contribution is 2.25. The lowest BCUT2D eigenvalue weighted by atomic mass is 10.2. The molecule has 1 aliphatic rings. The van der Waals surface area contributed by atoms with Gasteiger partial charge in [-0.15, -0.1) is 0 Å². The van der Waals surface area contributed by atoms with Crippen molar-refractivity contribution in [2.75, 3.05) is 28.2 Å². The highest BCUT2D eigenvalue weighted by molar-refractivity contribution is 7.93. The lowest BCUT2D eigenvalue weighted by Crippen LogP contribution is -2.25. The van der Waals surface area contributed by atoms with Crippen LogP contribution in [0.1, 0.15) is 16.8 Å². The summed E-state index contributed by atoms with van der Waals surface area (Å²) in [6, 6.07) is 8.99. The molecule has 1 fully saturated rings. The molecule has 27 heavy (non-hydrogen) atoms. The van der Waals surface area contributed by atoms with Crippen molar-refractivity contribution in [3.8, 4) is 0 Å². The van der Waals surface area contributed by atoms with Gasteiger partial charge in [0.25, 0.3) is 5.91 Å². The largest absolute Gasteiger partial charge is 0.319 e. The van der Waals surface area contributed by atoms with Gasteiger partial charge in [-0.05, 0) is 48.9 Å². The van der Waals surface area contributed by atoms with E-state index in [9.17, 15) is 26.0 Å². The van der Waals surface area contributed by atoms with Crippen LogP contribution in [0.5, 0.6) is 0 Å². The third-order valence-corrected chi connectivity index (χ3v) is 7.11. The van der Waals surface area contributed by atoms with E-state index in [1.54, 1.807) is 0 Å². The molecule has 1 N–H and O–H groups in total. The number of benzene rings is 2. The van der Waals surface area contributed by atoms with Crippen LogP contribution < -0.4 is 9.62 Å². The van der Waals surface area contributed by atoms with Crippen molar-refractivity contribution < 1.29 is 26.0 Å². The Kier molecular flexibility index (Phi) is 4.96. The Balaban J connectivity index is 1.81. The number of hydrogen-bond acceptors (Lipinski definition) is 5. The first-order valence-electron chi connectivity index (χ1n) is 7.99. The summed E-state index contributed by atoms with van der Waals surface area (Å²) in [5.74, 6) is -1.32. The molecule has 3 rings (SSSR count). The van der Waals surface area contributed by atoms with Crippen LogP contribution in [0.15, 0.2) is 47.4 Å². The molecule has 0 atom stereocenters. The number of amides is 1. The highest BCUT2D eigenvalue weighted by atomic mass is 32.2. The Labute approximate surface area is 156 Å². The predicted molar refractivity (Wildman–Crippen MR) is 99.7 cm³/mol. The first kappa shape index (κ1) is 19.3. The first-order valence-corrected chi connectivity index (χ1v) is 11.5. The second kappa shape index (κ2) is 6.93. The Morgan fingerprint density at radius 1 is 1.15 bits per heavy atom. The van der Waals surface area contributed by atoms with Crippen molar-refractivity contribution in [1.29, 1.82) is 0 Å². The van der Waals surface area contributed by atoms with E-state index in [1.165, 1.54) is 28.6 Å². The molecule has 0 saturated carbocycles. The topological polar surface area (TPSA) is 101 Å². The summed E-state index contributed by atoms with van der Waals surface area (Å²) in [7, 11) is -6.87. The minimum absolute atomic E-state index is 0.0885. The number of nitrogens with zero attached hydrogens (tertiary/aromatic N) is 1. The molecule has 0 unspecified atom stereocenters. The molecule has 2 aromatic rings. The van der Waals surface area contributed by atoms with Crippen molar-refractivity contribution in [1.82, 2.24) is 0 Å². The summed E-state index contributed by atoms with van der Waals surface area (Å²) in [6.07, 6.45) is 1.53. The van der Waals surface area contributed by atoms with E-state index in [0.717, 1.165) is 24.5 Å². The van der Waals surface area contributed by atoms with E-state index in [4.69, 9.17) is 0 Å². The van der Waals surface area contributed by atoms with Crippen molar-refractivity contribution in [3.63, 3.8) is 0 Å². The standard InChI is InChI=1S/C17H17FN2O5S2/c1-26(22,23)14-7-8-15(18)16(11-14)19-17(21)12-3-5-13(6-4-12)20-9-2-10-27(20,24)25/h3-8,11H,2,9-10H2,1H3,(H,19,21). The van der Waals surface area contributed by atoms with Crippen LogP contribution >= 0.6 is 0 Å². The summed E-state index contributed by atoms with van der Waals surface area (Å²) in [4.78, 5) is 12.2. The number of carbonyl (C=O) groups is 1. The predicted octanol–water partition coefficient (Wildman–Crippen LogP) is 2.02. The Hall–Kier alpha value is -2.46. The molecule has 1 aliphatic heterocycles. The number of sulfone groups is 1. The monoisotopic (exact) mass is 412 g/mol. The average molecular weight is 412 g/mol. The molecule has 10 heteroatoms. The van der Waals surface area contributed by atoms with Crippen molar-refractivity contribution in [3.05, 3.63) is 53.8 Å². The van der Waals surface area contributed by atoms with E-state index < -0.39 is 31.6 Å². The lowest BCUT2D eigenvalue weighted by molar-refractivity contribution is 0.102. The van der Waals surface area contributed by atoms with E-state index in [1.807, 2.05) is 0 Å². The minimum Gasteiger partial charge on any atom is -0.319 e. The van der Waals surface area contributed by atoms with Crippen LogP contribution in [0.4, 0.5) is 15.8 Å². The molecular formula is C17H17FN2O5S2. The van der Waals surface area contributed by atoms with Crippen molar-refractivity contribution in [2.24, 2.45) is 0 Å². The summed E-state index contributed by atoms with van der Waals surface area (Å²) in [5.41, 5.74) is 0.378. The zero-order valence-electron chi connectivity index (χ0n) is 14.3. The maximum absolute atomic E-state index is 13.9. The van der Waals surface area contributed by atoms with E-state index in [0.29, 0.717) is 18.7 Å². The highest BCUT2D eigenvalue weighted by Gasteiger charge is 2.28. The van der Waals surface area contributed by atoms with Crippen LogP contribution in [0.25, 0.3) is 0 Å². The van der Waals surface area contributed by atoms with Gasteiger partial charge in [-0.2, -0.15) is 0 Å². The third-order valence-electron chi connectivity index (χ3n) is 4.13. The van der Waals surface area contributed by atoms with Crippen LogP contribution in [0.3, 0.4) is 0 Å². The van der Waals surface area contributed by atoms with Gasteiger partial charge in [-0.1, -0.05) is 0 Å². The Morgan fingerprint density at radius 3 is 2.37 bits per heavy atom. The second-order valence-electron chi connectivity index (χ2n) is 6.16. The number of rotatable bonds is 4. The number of carbonyl (C=O) groups excluding carboxylic acids is 1. The maximum Gasteiger partial charge on any atom is 0.255 e. The number of sulfonamides is 1. The summed E-state index contributed by atoms with van der Waals surface area (Å²) in [5, 5.41) is 2.33. The lowest BCUT2D eigenvalue weighted by Gasteiger charge is -2.17. The Morgan fingerprint density at radius 2 is 1.81 bits per heavy atom. The molecule has 0 aromatic heterocycles. The molecule has 1 heterocycles. The molecule has 144 valence electrons. The van der Waals surface area contributed by atoms with Crippen molar-refractivity contribution >= 4 is 37.1 Å². The van der Waals surface area contributed by atoms with Crippen LogP contribution in [-0.2, 0) is 19.9 Å². The molecule has 1 saturated heterocycles. The van der Waals surface area contributed by atoms with Gasteiger partial charge in [0.1, 0.15) is 5.82 Å². The third kappa shape index (κ3) is 4.11. The molecule has 0 aliphatic carbocycles. The van der Waals surface area contributed by atoms with Gasteiger partial charge in [-0.3, -0.25) is 9.10 Å². The maximum atomic E-state index is 13.9. The number of anilines is 2. The molecule has 7 nitrogen and oxygen atoms in total. The summed E-state index contributed by atoms with van der Waals surface area (Å²) >= 11 is 0. The van der Waals surface area contributed by atoms with E-state index in [-0.39, 0.29) is 21.9 Å². The van der Waals surface area contributed by atoms with E-state index in [2.05, 4.69) is 5.32 Å². The van der Waals surface area contributed by atoms with Gasteiger partial charge in [0, 0.05) is 18.4 Å². The molecule has 0 radical (unpaired) electrons. The van der Waals surface area contributed by atoms with Gasteiger partial charge < -0.3 is 5.32 Å². The van der Waals surface area contributed by atoms with Gasteiger partial charge in [0.05, 0.1) is 22.0 Å². The fourth-order valence-corrected chi connectivity index (χ4v) is 4.95. The molecule has 0 bridgehead atoms. The normalized spacial score (nSPS) is 16.3. The fourth-order valence-electron chi connectivity index (χ4n) is 2.73. The average Bonchev–Trinajstić information content (AvgIpc) is 2.95. The first-order chi connectivity index (χ1) is 12.6. The Bertz CT molecular complexity index is 1100. The molecule has 0 spiro atoms. The van der Waals surface area contributed by atoms with Crippen LogP contribution in [0.2, 0.25) is 0 Å². The quantitative estimate of drug-likeness (QED) is 0.775. The SMILES string of the molecule is CS(=O)(=O)c1ccc(F)c(NC(=O)c2ccc(N3CCCS3(=O)=O)cc2)c1. The van der Waals surface area contributed by atoms with Gasteiger partial charge in [0.2, 0.25) is 10.0 Å². The second-order valence-corrected chi connectivity index (χ2v) is 10.2. The van der Waals surface area contributed by atoms with Gasteiger partial charge >= 0.3 is 0 Å². The molecule has 1 amide bonds. The summed E-state index contributed by atoms with van der Waals surface area (Å²) < 4.78 is 62.2. The smallest absolute Gasteiger partial charge is 0.255 e. The van der Waals surface area contributed by atoms with Gasteiger partial charge in [-0.25, -0.2) is 21.2 Å². The van der Waals surface area contributed by atoms with E-state index >= 15 is 0 Å². The fraction of sp³-hybridized carbons (Fsp3) is 0.235. The minimum atomic E-state index is -3.55. The zero-order valence-corrected chi connectivity index (χ0v) is 16.0. The number of halogens is 1. The molecule has 2 aromatic carbocycles. The number of hydrogen-bond donors (Lipinski definition) is 1. The van der Waals surface area contributed by atoms with Crippen LogP contribution in [-0.4, -0.2) is 41.3 Å².